The number of hydrogen-bond donors (Lipinski definition) is 0. The van der Waals surface area contributed by atoms with Crippen molar-refractivity contribution in [1.29, 1.82) is 0 Å². The fourth-order valence-electron chi connectivity index (χ4n) is 1.01. The number of nitrogens with zero attached hydrogens (tertiary/aromatic N) is 1. The summed E-state index contributed by atoms with van der Waals surface area (Å²) in [7, 11) is 0. The maximum atomic E-state index is 5.26. The molecule has 0 aliphatic rings. The molecule has 0 saturated heterocycles. The van der Waals surface area contributed by atoms with Gasteiger partial charge in [0.15, 0.2) is 12.4 Å². The number of aryl methyl sites for hydroxylation is 1. The van der Waals surface area contributed by atoms with Gasteiger partial charge in [-0.25, -0.2) is 0 Å². The van der Waals surface area contributed by atoms with E-state index in [2.05, 4.69) is 31.5 Å². The zero-order valence-electron chi connectivity index (χ0n) is 7.79. The van der Waals surface area contributed by atoms with Crippen molar-refractivity contribution in [2.75, 3.05) is 6.61 Å². The van der Waals surface area contributed by atoms with Crippen molar-refractivity contribution >= 4 is 0 Å². The summed E-state index contributed by atoms with van der Waals surface area (Å²) in [6, 6.07) is 4.25. The van der Waals surface area contributed by atoms with Crippen LogP contribution in [0.25, 0.3) is 0 Å². The third kappa shape index (κ3) is 2.62. The molecule has 0 saturated carbocycles. The van der Waals surface area contributed by atoms with Crippen LogP contribution < -0.4 is 4.57 Å². The summed E-state index contributed by atoms with van der Waals surface area (Å²) in [6.45, 7) is 5.58. The molecule has 2 nitrogen and oxygen atoms in total. The van der Waals surface area contributed by atoms with E-state index in [0.29, 0.717) is 6.73 Å². The molecule has 1 aromatic heterocycles. The van der Waals surface area contributed by atoms with Gasteiger partial charge >= 0.3 is 0 Å². The van der Waals surface area contributed by atoms with Crippen LogP contribution in [0.2, 0.25) is 0 Å². The molecule has 0 unspecified atom stereocenters. The van der Waals surface area contributed by atoms with Crippen LogP contribution in [-0.2, 0) is 17.9 Å². The summed E-state index contributed by atoms with van der Waals surface area (Å²) in [5.41, 5.74) is 1.36. The van der Waals surface area contributed by atoms with Gasteiger partial charge in [-0.3, -0.25) is 0 Å². The van der Waals surface area contributed by atoms with Gasteiger partial charge in [0.05, 0.1) is 6.61 Å². The summed E-state index contributed by atoms with van der Waals surface area (Å²) in [4.78, 5) is 0. The largest absolute Gasteiger partial charge is 0.324 e. The van der Waals surface area contributed by atoms with E-state index >= 15 is 0 Å². The molecule has 0 radical (unpaired) electrons. The van der Waals surface area contributed by atoms with Crippen molar-refractivity contribution in [3.05, 3.63) is 30.1 Å². The number of ether oxygens (including phenoxy) is 1. The molecule has 1 aromatic rings. The summed E-state index contributed by atoms with van der Waals surface area (Å²) >= 11 is 0. The first-order valence-corrected chi connectivity index (χ1v) is 4.42. The van der Waals surface area contributed by atoms with Gasteiger partial charge in [-0.15, -0.1) is 0 Å². The molecule has 0 aliphatic heterocycles. The molecule has 1 heterocycles. The van der Waals surface area contributed by atoms with E-state index in [-0.39, 0.29) is 0 Å². The van der Waals surface area contributed by atoms with Gasteiger partial charge in [0.2, 0.25) is 0 Å². The molecule has 0 spiro atoms. The van der Waals surface area contributed by atoms with E-state index in [1.807, 2.05) is 11.5 Å². The lowest BCUT2D eigenvalue weighted by Gasteiger charge is -1.97. The highest BCUT2D eigenvalue weighted by atomic mass is 16.5. The lowest BCUT2D eigenvalue weighted by molar-refractivity contribution is -0.732. The molecular formula is C10H16NO+. The van der Waals surface area contributed by atoms with Crippen LogP contribution in [0.5, 0.6) is 0 Å². The van der Waals surface area contributed by atoms with Crippen molar-refractivity contribution in [2.24, 2.45) is 0 Å². The van der Waals surface area contributed by atoms with Crippen LogP contribution in [0.1, 0.15) is 19.4 Å². The maximum Gasteiger partial charge on any atom is 0.252 e. The van der Waals surface area contributed by atoms with Gasteiger partial charge in [0.1, 0.15) is 0 Å². The maximum absolute atomic E-state index is 5.26. The van der Waals surface area contributed by atoms with Crippen LogP contribution in [-0.4, -0.2) is 6.61 Å². The average molecular weight is 166 g/mol. The molecule has 66 valence electrons. The Labute approximate surface area is 73.8 Å². The highest BCUT2D eigenvalue weighted by Crippen LogP contribution is 1.94. The summed E-state index contributed by atoms with van der Waals surface area (Å²) in [5, 5.41) is 0. The third-order valence-electron chi connectivity index (χ3n) is 1.81. The van der Waals surface area contributed by atoms with Crippen molar-refractivity contribution in [2.45, 2.75) is 27.0 Å². The Bertz CT molecular complexity index is 218. The van der Waals surface area contributed by atoms with E-state index in [1.165, 1.54) is 5.56 Å². The minimum absolute atomic E-state index is 0.653. The number of rotatable bonds is 4. The molecule has 0 aromatic carbocycles. The van der Waals surface area contributed by atoms with Crippen molar-refractivity contribution < 1.29 is 9.30 Å². The first kappa shape index (κ1) is 9.20. The molecule has 1 rings (SSSR count). The van der Waals surface area contributed by atoms with Crippen molar-refractivity contribution in [1.82, 2.24) is 0 Å². The number of aromatic nitrogens is 1. The van der Waals surface area contributed by atoms with Gasteiger partial charge in [0.25, 0.3) is 6.73 Å². The Morgan fingerprint density at radius 1 is 1.25 bits per heavy atom. The molecule has 0 atom stereocenters. The standard InChI is InChI=1S/C10H16NO/c1-3-10-5-7-11(8-6-10)9-12-4-2/h5-8H,3-4,9H2,1-2H3/q+1. The first-order chi connectivity index (χ1) is 5.86. The zero-order valence-corrected chi connectivity index (χ0v) is 7.79. The first-order valence-electron chi connectivity index (χ1n) is 4.42. The fourth-order valence-corrected chi connectivity index (χ4v) is 1.01. The van der Waals surface area contributed by atoms with Crippen LogP contribution in [0.3, 0.4) is 0 Å². The minimum Gasteiger partial charge on any atom is -0.324 e. The van der Waals surface area contributed by atoms with E-state index in [9.17, 15) is 0 Å². The summed E-state index contributed by atoms with van der Waals surface area (Å²) in [5.74, 6) is 0. The van der Waals surface area contributed by atoms with Crippen LogP contribution in [0, 0.1) is 0 Å². The number of pyridine rings is 1. The van der Waals surface area contributed by atoms with Crippen LogP contribution in [0.15, 0.2) is 24.5 Å². The highest BCUT2D eigenvalue weighted by Gasteiger charge is 1.97. The molecule has 2 heteroatoms. The van der Waals surface area contributed by atoms with Gasteiger partial charge in [-0.1, -0.05) is 6.92 Å². The van der Waals surface area contributed by atoms with E-state index in [0.717, 1.165) is 13.0 Å². The second-order valence-corrected chi connectivity index (χ2v) is 2.70. The van der Waals surface area contributed by atoms with Crippen LogP contribution in [0.4, 0.5) is 0 Å². The Morgan fingerprint density at radius 2 is 1.92 bits per heavy atom. The zero-order chi connectivity index (χ0) is 8.81. The van der Waals surface area contributed by atoms with Crippen molar-refractivity contribution in [3.63, 3.8) is 0 Å². The lowest BCUT2D eigenvalue weighted by Crippen LogP contribution is -2.34. The van der Waals surface area contributed by atoms with Crippen molar-refractivity contribution in [3.8, 4) is 0 Å². The Kier molecular flexibility index (Phi) is 3.74. The summed E-state index contributed by atoms with van der Waals surface area (Å²) < 4.78 is 7.29. The smallest absolute Gasteiger partial charge is 0.252 e. The molecule has 0 amide bonds. The van der Waals surface area contributed by atoms with Gasteiger partial charge in [-0.05, 0) is 18.9 Å². The summed E-state index contributed by atoms with van der Waals surface area (Å²) in [6.07, 6.45) is 5.19. The lowest BCUT2D eigenvalue weighted by atomic mass is 10.2. The van der Waals surface area contributed by atoms with Crippen LogP contribution >= 0.6 is 0 Å². The van der Waals surface area contributed by atoms with E-state index in [1.54, 1.807) is 0 Å². The fraction of sp³-hybridized carbons (Fsp3) is 0.500. The molecule has 0 bridgehead atoms. The quantitative estimate of drug-likeness (QED) is 0.618. The van der Waals surface area contributed by atoms with E-state index < -0.39 is 0 Å². The Hall–Kier alpha value is -0.890. The monoisotopic (exact) mass is 166 g/mol. The van der Waals surface area contributed by atoms with Gasteiger partial charge in [0, 0.05) is 12.1 Å². The Morgan fingerprint density at radius 3 is 2.42 bits per heavy atom. The SMILES string of the molecule is CCOC[n+]1ccc(CC)cc1. The van der Waals surface area contributed by atoms with Gasteiger partial charge in [-0.2, -0.15) is 4.57 Å². The molecule has 0 aliphatic carbocycles. The second kappa shape index (κ2) is 4.88. The van der Waals surface area contributed by atoms with Gasteiger partial charge < -0.3 is 4.74 Å². The third-order valence-corrected chi connectivity index (χ3v) is 1.81. The minimum atomic E-state index is 0.653. The predicted octanol–water partition coefficient (Wildman–Crippen LogP) is 1.53. The predicted molar refractivity (Wildman–Crippen MR) is 47.6 cm³/mol. The average Bonchev–Trinajstić information content (AvgIpc) is 2.15. The highest BCUT2D eigenvalue weighted by molar-refractivity contribution is 5.06. The number of hydrogen-bond acceptors (Lipinski definition) is 1. The van der Waals surface area contributed by atoms with E-state index in [4.69, 9.17) is 4.74 Å². The molecular weight excluding hydrogens is 150 g/mol. The molecule has 0 N–H and O–H groups in total. The second-order valence-electron chi connectivity index (χ2n) is 2.70. The molecule has 0 fully saturated rings. The normalized spacial score (nSPS) is 10.2. The Balaban J connectivity index is 2.53. The molecule has 12 heavy (non-hydrogen) atoms. The topological polar surface area (TPSA) is 13.1 Å².